The normalized spacial score (nSPS) is 20.3. The van der Waals surface area contributed by atoms with Crippen molar-refractivity contribution >= 4 is 11.8 Å². The fourth-order valence-corrected chi connectivity index (χ4v) is 10.4. The molecule has 9 heterocycles. The second kappa shape index (κ2) is 39.3. The number of aromatic nitrogens is 4. The molecular formula is C67H140N12OS. The average molecular weight is 1160 g/mol. The van der Waals surface area contributed by atoms with Crippen LogP contribution in [-0.2, 0) is 15.7 Å². The number of thioether (sulfide) groups is 1. The van der Waals surface area contributed by atoms with Gasteiger partial charge in [-0.3, -0.25) is 29.4 Å². The van der Waals surface area contributed by atoms with Crippen LogP contribution in [0.15, 0.2) is 31.2 Å². The van der Waals surface area contributed by atoms with Crippen LogP contribution in [0.3, 0.4) is 0 Å². The van der Waals surface area contributed by atoms with Crippen LogP contribution in [0.5, 0.6) is 0 Å². The van der Waals surface area contributed by atoms with Gasteiger partial charge in [0.25, 0.3) is 0 Å². The number of aromatic amines is 1. The molecule has 0 unspecified atom stereocenters. The van der Waals surface area contributed by atoms with Crippen LogP contribution < -0.4 is 0 Å². The lowest BCUT2D eigenvalue weighted by atomic mass is 9.93. The predicted octanol–water partition coefficient (Wildman–Crippen LogP) is 13.5. The number of morpholine rings is 1. The summed E-state index contributed by atoms with van der Waals surface area (Å²) in [7, 11) is 2.19. The third-order valence-electron chi connectivity index (χ3n) is 16.0. The molecule has 7 fully saturated rings. The zero-order chi connectivity index (χ0) is 61.0. The van der Waals surface area contributed by atoms with E-state index in [1.807, 2.05) is 18.7 Å². The number of nitrogens with zero attached hydrogens (tertiary/aromatic N) is 11. The molecule has 7 aliphatic rings. The summed E-state index contributed by atoms with van der Waals surface area (Å²) < 4.78 is 7.28. The molecule has 480 valence electrons. The van der Waals surface area contributed by atoms with Crippen LogP contribution in [0.25, 0.3) is 0 Å². The van der Waals surface area contributed by atoms with Gasteiger partial charge in [-0.1, -0.05) is 34.6 Å². The minimum atomic E-state index is 0. The van der Waals surface area contributed by atoms with Crippen LogP contribution in [0, 0.1) is 0 Å². The Bertz CT molecular complexity index is 1650. The summed E-state index contributed by atoms with van der Waals surface area (Å²) in [5.74, 6) is 2.63. The van der Waals surface area contributed by atoms with Gasteiger partial charge in [0.15, 0.2) is 0 Å². The number of rotatable bonds is 3. The van der Waals surface area contributed by atoms with Gasteiger partial charge in [0, 0.05) is 152 Å². The van der Waals surface area contributed by atoms with Gasteiger partial charge in [0.05, 0.1) is 25.9 Å². The number of ether oxygens (including phenoxy) is 1. The van der Waals surface area contributed by atoms with E-state index < -0.39 is 0 Å². The van der Waals surface area contributed by atoms with Gasteiger partial charge in [-0.2, -0.15) is 11.8 Å². The highest BCUT2D eigenvalue weighted by atomic mass is 32.2. The van der Waals surface area contributed by atoms with Gasteiger partial charge < -0.3 is 24.1 Å². The largest absolute Gasteiger partial charge is 0.379 e. The summed E-state index contributed by atoms with van der Waals surface area (Å²) in [6.07, 6.45) is 17.6. The number of likely N-dealkylation sites (N-methyl/N-ethyl adjacent to an activating group) is 1. The number of imidazole rings is 2. The van der Waals surface area contributed by atoms with Crippen LogP contribution >= 0.6 is 11.8 Å². The van der Waals surface area contributed by atoms with E-state index in [1.54, 1.807) is 12.5 Å². The molecule has 0 atom stereocenters. The molecule has 13 nitrogen and oxygen atoms in total. The maximum Gasteiger partial charge on any atom is 0.0950 e. The summed E-state index contributed by atoms with van der Waals surface area (Å²) in [6.45, 7) is 75.9. The van der Waals surface area contributed by atoms with E-state index in [-0.39, 0.29) is 18.4 Å². The van der Waals surface area contributed by atoms with Crippen molar-refractivity contribution in [2.24, 2.45) is 0 Å². The molecule has 0 aliphatic carbocycles. The van der Waals surface area contributed by atoms with Gasteiger partial charge >= 0.3 is 0 Å². The summed E-state index contributed by atoms with van der Waals surface area (Å²) >= 11 is 2.07. The molecule has 0 radical (unpaired) electrons. The van der Waals surface area contributed by atoms with Gasteiger partial charge in [0.2, 0.25) is 0 Å². The van der Waals surface area contributed by atoms with Crippen molar-refractivity contribution < 1.29 is 4.74 Å². The molecule has 2 aromatic heterocycles. The third kappa shape index (κ3) is 37.6. The molecule has 81 heavy (non-hydrogen) atoms. The van der Waals surface area contributed by atoms with E-state index in [0.29, 0.717) is 28.2 Å². The van der Waals surface area contributed by atoms with Gasteiger partial charge in [0.1, 0.15) is 0 Å². The summed E-state index contributed by atoms with van der Waals surface area (Å²) in [6, 6.07) is 2.19. The monoisotopic (exact) mass is 1160 g/mol. The lowest BCUT2D eigenvalue weighted by molar-refractivity contribution is 0.0238. The van der Waals surface area contributed by atoms with Gasteiger partial charge in [-0.05, 0) is 224 Å². The molecule has 7 saturated heterocycles. The smallest absolute Gasteiger partial charge is 0.0950 e. The molecule has 0 spiro atoms. The fourth-order valence-electron chi connectivity index (χ4n) is 9.52. The maximum absolute atomic E-state index is 5.21. The van der Waals surface area contributed by atoms with Gasteiger partial charge in [-0.15, -0.1) is 0 Å². The highest BCUT2D eigenvalue weighted by molar-refractivity contribution is 7.99. The first kappa shape index (κ1) is 79.4. The number of hydrogen-bond donors (Lipinski definition) is 1. The summed E-state index contributed by atoms with van der Waals surface area (Å²) in [4.78, 5) is 30.9. The first-order valence-corrected chi connectivity index (χ1v) is 33.1. The van der Waals surface area contributed by atoms with E-state index in [0.717, 1.165) is 38.4 Å². The quantitative estimate of drug-likeness (QED) is 0.297. The van der Waals surface area contributed by atoms with Crippen LogP contribution in [0.1, 0.15) is 218 Å². The van der Waals surface area contributed by atoms with E-state index in [9.17, 15) is 0 Å². The molecule has 14 heteroatoms. The Morgan fingerprint density at radius 2 is 0.827 bits per heavy atom. The Morgan fingerprint density at radius 1 is 0.444 bits per heavy atom. The average Bonchev–Trinajstić information content (AvgIpc) is 3.74. The van der Waals surface area contributed by atoms with E-state index >= 15 is 0 Å². The third-order valence-corrected chi connectivity index (χ3v) is 16.9. The fraction of sp³-hybridized carbons (Fsp3) is 0.910. The van der Waals surface area contributed by atoms with Crippen LogP contribution in [0.4, 0.5) is 0 Å². The first-order chi connectivity index (χ1) is 36.9. The lowest BCUT2D eigenvalue weighted by Crippen LogP contribution is -2.49. The van der Waals surface area contributed by atoms with Crippen molar-refractivity contribution in [1.82, 2.24) is 58.7 Å². The zero-order valence-electron chi connectivity index (χ0n) is 57.7. The molecule has 0 saturated carbocycles. The van der Waals surface area contributed by atoms with Crippen molar-refractivity contribution in [2.75, 3.05) is 136 Å². The predicted molar refractivity (Wildman–Crippen MR) is 360 cm³/mol. The highest BCUT2D eigenvalue weighted by Crippen LogP contribution is 2.23. The molecule has 1 N–H and O–H groups in total. The SMILES string of the molecule is C.CC(C)(C)N1CC1.CC(C)(C)N1CCC1.CC(C)(C)N1CCCCC1.CC(C)(C)N1CCSCC1.CC(C)(C)c1cnc[nH]1.CC(C)(C)n1ccnc1.CC(C)N1CCCC1.CC(C)N1CCN(C)CC1.CC(C)N1CCOCC1. The van der Waals surface area contributed by atoms with Crippen molar-refractivity contribution in [3.63, 3.8) is 0 Å². The van der Waals surface area contributed by atoms with E-state index in [2.05, 4.69) is 244 Å². The topological polar surface area (TPSA) is 81.4 Å². The Balaban J connectivity index is 0.000000889. The Morgan fingerprint density at radius 3 is 1.06 bits per heavy atom. The summed E-state index contributed by atoms with van der Waals surface area (Å²) in [5.41, 5.74) is 3.23. The maximum atomic E-state index is 5.21. The minimum Gasteiger partial charge on any atom is -0.379 e. The number of piperazine rings is 1. The minimum absolute atomic E-state index is 0. The molecule has 9 rings (SSSR count). The molecule has 7 aliphatic heterocycles. The molecular weight excluding hydrogens is 1020 g/mol. The number of H-pyrrole nitrogens is 1. The lowest BCUT2D eigenvalue weighted by Gasteiger charge is -2.42. The van der Waals surface area contributed by atoms with Crippen molar-refractivity contribution in [2.45, 2.75) is 263 Å². The number of hydrogen-bond acceptors (Lipinski definition) is 12. The van der Waals surface area contributed by atoms with Crippen molar-refractivity contribution in [3.8, 4) is 0 Å². The first-order valence-electron chi connectivity index (χ1n) is 32.0. The van der Waals surface area contributed by atoms with Crippen LogP contribution in [0.2, 0.25) is 0 Å². The number of likely N-dealkylation sites (tertiary alicyclic amines) is 3. The number of piperidine rings is 1. The summed E-state index contributed by atoms with van der Waals surface area (Å²) in [5, 5.41) is 0. The molecule has 0 amide bonds. The Labute approximate surface area is 509 Å². The second-order valence-corrected chi connectivity index (χ2v) is 31.3. The molecule has 2 aromatic rings. The second-order valence-electron chi connectivity index (χ2n) is 30.0. The van der Waals surface area contributed by atoms with Crippen molar-refractivity contribution in [1.29, 1.82) is 0 Å². The molecule has 0 aromatic carbocycles. The Kier molecular flexibility index (Phi) is 38.5. The zero-order valence-corrected chi connectivity index (χ0v) is 58.6. The Hall–Kier alpha value is -1.59. The van der Waals surface area contributed by atoms with Crippen molar-refractivity contribution in [3.05, 3.63) is 36.9 Å². The highest BCUT2D eigenvalue weighted by Gasteiger charge is 2.30. The number of nitrogens with one attached hydrogen (secondary N) is 1. The van der Waals surface area contributed by atoms with Crippen LogP contribution in [-0.4, -0.2) is 235 Å². The van der Waals surface area contributed by atoms with E-state index in [1.165, 1.54) is 147 Å². The van der Waals surface area contributed by atoms with E-state index in [4.69, 9.17) is 4.74 Å². The molecule has 0 bridgehead atoms. The standard InChI is InChI=1S/C9H19N.C8H18N2.C8H17NS.2C7H12N2.C7H15NO.2C7H15N.C6H13N.CH4/c1-9(2,3)10-7-5-4-6-8-10;1-8(2)10-6-4-9(3)5-7-10;1-8(2,3)9-4-6-10-7-5-9;1-7(2,3)6-4-8-5-9-6;1-7(2,3)9-5-4-8-6-9;1-7(2)8-3-5-9-6-4-8;1-7(2,3)8-5-4-6-8;1-7(2)8-5-3-4-6-8;1-6(2,3)7-4-5-7;/h4-8H2,1-3H3;8H,4-7H2,1-3H3;4-7H2,1-3H3;4-5H,1-3H3,(H,8,9);4-6H,1-3H3;7H,3-6H2,1-2H3;4-6H2,1-3H3;7H,3-6H2,1-2H3;4-5H2,1-3H3;1H4. The van der Waals surface area contributed by atoms with Gasteiger partial charge in [-0.25, -0.2) is 9.97 Å².